The summed E-state index contributed by atoms with van der Waals surface area (Å²) < 4.78 is 30.3. The molecule has 2 aromatic carbocycles. The van der Waals surface area contributed by atoms with Gasteiger partial charge in [0.1, 0.15) is 11.6 Å². The molecule has 3 heterocycles. The van der Waals surface area contributed by atoms with Crippen molar-refractivity contribution in [2.75, 3.05) is 31.1 Å². The molecule has 1 aliphatic heterocycles. The zero-order chi connectivity index (χ0) is 23.2. The van der Waals surface area contributed by atoms with Crippen LogP contribution in [-0.2, 0) is 7.05 Å². The van der Waals surface area contributed by atoms with Gasteiger partial charge in [0.15, 0.2) is 0 Å². The Balaban J connectivity index is 1.11. The lowest BCUT2D eigenvalue weighted by Crippen LogP contribution is -2.51. The van der Waals surface area contributed by atoms with Crippen LogP contribution in [0.3, 0.4) is 0 Å². The van der Waals surface area contributed by atoms with Crippen LogP contribution >= 0.6 is 0 Å². The molecule has 0 radical (unpaired) electrons. The molecule has 1 saturated heterocycles. The summed E-state index contributed by atoms with van der Waals surface area (Å²) in [6, 6.07) is 12.7. The second-order valence-corrected chi connectivity index (χ2v) is 9.89. The van der Waals surface area contributed by atoms with Crippen molar-refractivity contribution in [2.45, 2.75) is 37.6 Å². The minimum Gasteiger partial charge on any atom is -0.367 e. The molecule has 0 atom stereocenters. The van der Waals surface area contributed by atoms with E-state index >= 15 is 0 Å². The Morgan fingerprint density at radius 3 is 2.47 bits per heavy atom. The number of piperazine rings is 1. The number of aryl methyl sites for hydroxylation is 1. The summed E-state index contributed by atoms with van der Waals surface area (Å²) in [6.07, 6.45) is 8.59. The van der Waals surface area contributed by atoms with Crippen molar-refractivity contribution in [1.82, 2.24) is 14.5 Å². The van der Waals surface area contributed by atoms with Gasteiger partial charge in [0.25, 0.3) is 0 Å². The number of anilines is 1. The van der Waals surface area contributed by atoms with E-state index in [0.29, 0.717) is 12.0 Å². The molecule has 0 N–H and O–H groups in total. The molecule has 0 amide bonds. The van der Waals surface area contributed by atoms with Crippen LogP contribution in [0, 0.1) is 11.6 Å². The molecule has 4 nitrogen and oxygen atoms in total. The zero-order valence-electron chi connectivity index (χ0n) is 19.6. The third-order valence-electron chi connectivity index (χ3n) is 7.94. The highest BCUT2D eigenvalue weighted by Crippen LogP contribution is 2.39. The first-order chi connectivity index (χ1) is 16.6. The van der Waals surface area contributed by atoms with Gasteiger partial charge in [-0.05, 0) is 73.6 Å². The highest BCUT2D eigenvalue weighted by Gasteiger charge is 2.30. The molecule has 2 fully saturated rings. The summed E-state index contributed by atoms with van der Waals surface area (Å²) in [4.78, 5) is 9.42. The van der Waals surface area contributed by atoms with Crippen molar-refractivity contribution in [3.05, 3.63) is 72.1 Å². The van der Waals surface area contributed by atoms with E-state index in [9.17, 15) is 8.78 Å². The number of pyridine rings is 1. The number of rotatable bonds is 3. The number of nitrogens with zero attached hydrogens (tertiary/aromatic N) is 4. The third-order valence-corrected chi connectivity index (χ3v) is 7.94. The molecule has 1 aliphatic carbocycles. The van der Waals surface area contributed by atoms with Crippen LogP contribution in [0.25, 0.3) is 21.8 Å². The van der Waals surface area contributed by atoms with Crippen LogP contribution in [0.15, 0.2) is 54.9 Å². The summed E-state index contributed by atoms with van der Waals surface area (Å²) in [6.45, 7) is 3.74. The first-order valence-corrected chi connectivity index (χ1v) is 12.3. The summed E-state index contributed by atoms with van der Waals surface area (Å²) in [5.74, 6) is 0.130. The first-order valence-electron chi connectivity index (χ1n) is 12.3. The van der Waals surface area contributed by atoms with Gasteiger partial charge in [-0.25, -0.2) is 8.78 Å². The molecule has 2 aliphatic rings. The van der Waals surface area contributed by atoms with Gasteiger partial charge in [-0.3, -0.25) is 9.88 Å². The second kappa shape index (κ2) is 8.66. The minimum atomic E-state index is -0.204. The lowest BCUT2D eigenvalue weighted by molar-refractivity contribution is 0.141. The fourth-order valence-electron chi connectivity index (χ4n) is 6.18. The summed E-state index contributed by atoms with van der Waals surface area (Å²) in [5.41, 5.74) is 4.19. The van der Waals surface area contributed by atoms with E-state index in [0.717, 1.165) is 66.5 Å². The average Bonchev–Trinajstić information content (AvgIpc) is 3.19. The van der Waals surface area contributed by atoms with E-state index in [2.05, 4.69) is 25.5 Å². The van der Waals surface area contributed by atoms with Crippen LogP contribution in [0.1, 0.15) is 37.2 Å². The number of aromatic nitrogens is 2. The monoisotopic (exact) mass is 460 g/mol. The minimum absolute atomic E-state index is 0.159. The maximum absolute atomic E-state index is 14.2. The molecular weight excluding hydrogens is 430 g/mol. The molecule has 2 aromatic heterocycles. The second-order valence-electron chi connectivity index (χ2n) is 9.89. The summed E-state index contributed by atoms with van der Waals surface area (Å²) in [7, 11) is 2.05. The first kappa shape index (κ1) is 21.5. The van der Waals surface area contributed by atoms with Gasteiger partial charge in [-0.15, -0.1) is 0 Å². The van der Waals surface area contributed by atoms with Crippen molar-refractivity contribution < 1.29 is 8.78 Å². The highest BCUT2D eigenvalue weighted by atomic mass is 19.1. The van der Waals surface area contributed by atoms with E-state index in [1.807, 2.05) is 25.2 Å². The molecule has 6 heteroatoms. The van der Waals surface area contributed by atoms with Gasteiger partial charge in [-0.1, -0.05) is 6.07 Å². The number of hydrogen-bond donors (Lipinski definition) is 0. The molecule has 4 aromatic rings. The predicted octanol–water partition coefficient (Wildman–Crippen LogP) is 5.85. The molecule has 6 rings (SSSR count). The van der Waals surface area contributed by atoms with Crippen LogP contribution in [0.5, 0.6) is 0 Å². The largest absolute Gasteiger partial charge is 0.367 e. The van der Waals surface area contributed by atoms with E-state index in [1.165, 1.54) is 18.4 Å². The zero-order valence-corrected chi connectivity index (χ0v) is 19.6. The Labute approximate surface area is 198 Å². The van der Waals surface area contributed by atoms with E-state index < -0.39 is 0 Å². The quantitative estimate of drug-likeness (QED) is 0.383. The van der Waals surface area contributed by atoms with Crippen molar-refractivity contribution in [3.8, 4) is 0 Å². The van der Waals surface area contributed by atoms with Crippen LogP contribution in [0.4, 0.5) is 14.5 Å². The Morgan fingerprint density at radius 2 is 1.68 bits per heavy atom. The van der Waals surface area contributed by atoms with Crippen molar-refractivity contribution >= 4 is 27.5 Å². The number of halogens is 2. The standard InChI is InChI=1S/C28H30F2N4/c1-32-18-25(24-16-21(29)6-9-26(24)32)19-4-7-23(8-5-19)33-11-13-34(14-12-33)27-17-22(30)15-20-3-2-10-31-28(20)27/h2-3,6,9-10,15-19,23H,4-5,7-8,11-14H2,1H3. The average molecular weight is 461 g/mol. The van der Waals surface area contributed by atoms with Crippen molar-refractivity contribution in [1.29, 1.82) is 0 Å². The fourth-order valence-corrected chi connectivity index (χ4v) is 6.18. The van der Waals surface area contributed by atoms with Gasteiger partial charge < -0.3 is 9.47 Å². The molecule has 0 unspecified atom stereocenters. The lowest BCUT2D eigenvalue weighted by atomic mass is 9.81. The van der Waals surface area contributed by atoms with Gasteiger partial charge in [0.05, 0.1) is 11.2 Å². The Bertz CT molecular complexity index is 1330. The topological polar surface area (TPSA) is 24.3 Å². The molecule has 176 valence electrons. The Kier molecular flexibility index (Phi) is 5.48. The van der Waals surface area contributed by atoms with Gasteiger partial charge in [0.2, 0.25) is 0 Å². The predicted molar refractivity (Wildman–Crippen MR) is 133 cm³/mol. The third kappa shape index (κ3) is 3.84. The maximum Gasteiger partial charge on any atom is 0.126 e. The molecular formula is C28H30F2N4. The van der Waals surface area contributed by atoms with Crippen molar-refractivity contribution in [3.63, 3.8) is 0 Å². The number of benzene rings is 2. The van der Waals surface area contributed by atoms with Gasteiger partial charge >= 0.3 is 0 Å². The Morgan fingerprint density at radius 1 is 0.882 bits per heavy atom. The van der Waals surface area contributed by atoms with Crippen LogP contribution in [0.2, 0.25) is 0 Å². The van der Waals surface area contributed by atoms with E-state index in [-0.39, 0.29) is 11.6 Å². The number of fused-ring (bicyclic) bond motifs is 2. The summed E-state index contributed by atoms with van der Waals surface area (Å²) >= 11 is 0. The van der Waals surface area contributed by atoms with Crippen LogP contribution < -0.4 is 4.90 Å². The normalized spacial score (nSPS) is 22.0. The molecule has 34 heavy (non-hydrogen) atoms. The van der Waals surface area contributed by atoms with Gasteiger partial charge in [-0.2, -0.15) is 0 Å². The Hall–Kier alpha value is -2.99. The van der Waals surface area contributed by atoms with Crippen molar-refractivity contribution in [2.24, 2.45) is 7.05 Å². The van der Waals surface area contributed by atoms with E-state index in [4.69, 9.17) is 0 Å². The molecule has 0 spiro atoms. The summed E-state index contributed by atoms with van der Waals surface area (Å²) in [5, 5.41) is 1.92. The maximum atomic E-state index is 14.2. The molecule has 0 bridgehead atoms. The van der Waals surface area contributed by atoms with E-state index in [1.54, 1.807) is 30.5 Å². The smallest absolute Gasteiger partial charge is 0.126 e. The number of hydrogen-bond acceptors (Lipinski definition) is 3. The SMILES string of the molecule is Cn1cc(C2CCC(N3CCN(c4cc(F)cc5cccnc45)CC3)CC2)c2cc(F)ccc21. The van der Waals surface area contributed by atoms with Gasteiger partial charge in [0, 0.05) is 68.0 Å². The molecule has 1 saturated carbocycles. The lowest BCUT2D eigenvalue weighted by Gasteiger charge is -2.42. The highest BCUT2D eigenvalue weighted by molar-refractivity contribution is 5.91. The van der Waals surface area contributed by atoms with Crippen LogP contribution in [-0.4, -0.2) is 46.7 Å². The fraction of sp³-hybridized carbons (Fsp3) is 0.393.